The summed E-state index contributed by atoms with van der Waals surface area (Å²) in [5.41, 5.74) is -5.53. The molecule has 0 aliphatic rings. The van der Waals surface area contributed by atoms with Crippen LogP contribution in [0.15, 0.2) is 0 Å². The van der Waals surface area contributed by atoms with Gasteiger partial charge in [-0.2, -0.15) is 21.6 Å². The monoisotopic (exact) mass is 266 g/mol. The minimum absolute atomic E-state index is 2.50. The van der Waals surface area contributed by atoms with E-state index in [4.69, 9.17) is 34.6 Å². The van der Waals surface area contributed by atoms with Crippen LogP contribution in [0.25, 0.3) is 0 Å². The molecule has 0 spiro atoms. The summed E-state index contributed by atoms with van der Waals surface area (Å²) in [6.07, 6.45) is 0. The van der Waals surface area contributed by atoms with Gasteiger partial charge in [-0.15, -0.1) is 0 Å². The number of alkyl halides is 3. The highest BCUT2D eigenvalue weighted by Gasteiger charge is 2.44. The van der Waals surface area contributed by atoms with Crippen molar-refractivity contribution in [2.45, 2.75) is 5.51 Å². The molecular weight excluding hydrogens is 253 g/mol. The summed E-state index contributed by atoms with van der Waals surface area (Å²) in [4.78, 5) is 0. The Labute approximate surface area is 91.1 Å². The van der Waals surface area contributed by atoms with Crippen LogP contribution < -0.4 is 0 Å². The number of nitrogens with one attached hydrogen (secondary N) is 4. The molecule has 0 amide bonds. The second kappa shape index (κ2) is 19.0. The first-order valence-electron chi connectivity index (χ1n) is 2.70. The van der Waals surface area contributed by atoms with Gasteiger partial charge in [0.25, 0.3) is 0 Å². The van der Waals surface area contributed by atoms with Crippen LogP contribution in [-0.4, -0.2) is 45.3 Å². The Morgan fingerprint density at radius 1 is 0.812 bits per heavy atom. The molecule has 5 N–H and O–H groups in total. The lowest BCUT2D eigenvalue weighted by Gasteiger charge is -1.97. The maximum atomic E-state index is 10.7. The molecule has 0 saturated heterocycles. The fourth-order valence-electron chi connectivity index (χ4n) is 0. The molecule has 0 bridgehead atoms. The number of halogens is 3. The van der Waals surface area contributed by atoms with E-state index in [1.807, 2.05) is 0 Å². The third kappa shape index (κ3) is 29.4. The highest BCUT2D eigenvalue weighted by atomic mass is 32.2. The van der Waals surface area contributed by atoms with Crippen LogP contribution in [0.3, 0.4) is 0 Å². The topological polar surface area (TPSA) is 150 Å². The predicted molar refractivity (Wildman–Crippen MR) is 57.0 cm³/mol. The minimum Gasteiger partial charge on any atom is -0.317 e. The summed E-state index contributed by atoms with van der Waals surface area (Å²) in [5.74, 6) is 0. The van der Waals surface area contributed by atoms with Crippen molar-refractivity contribution in [3.63, 3.8) is 0 Å². The number of hydrogen-bond donors (Lipinski definition) is 5. The molecule has 0 aromatic rings. The summed E-state index contributed by atoms with van der Waals surface area (Å²) < 4.78 is 57.5. The van der Waals surface area contributed by atoms with E-state index in [1.165, 1.54) is 0 Å². The van der Waals surface area contributed by atoms with Gasteiger partial charge in [0, 0.05) is 0 Å². The fraction of sp³-hybridized carbons (Fsp3) is 0.200. The van der Waals surface area contributed by atoms with Gasteiger partial charge in [-0.25, -0.2) is 0 Å². The second-order valence-electron chi connectivity index (χ2n) is 0.921. The quantitative estimate of drug-likeness (QED) is 0.256. The normalized spacial score (nSPS) is 8.00. The molecule has 0 saturated carbocycles. The van der Waals surface area contributed by atoms with Crippen molar-refractivity contribution in [1.29, 1.82) is 21.6 Å². The third-order valence-electron chi connectivity index (χ3n) is 0.292. The average Bonchev–Trinajstić information content (AvgIpc) is 2.27. The van der Waals surface area contributed by atoms with Gasteiger partial charge in [0.2, 0.25) is 0 Å². The van der Waals surface area contributed by atoms with Crippen molar-refractivity contribution in [2.75, 3.05) is 0 Å². The largest absolute Gasteiger partial charge is 0.522 e. The van der Waals surface area contributed by atoms with E-state index >= 15 is 0 Å². The first kappa shape index (κ1) is 29.3. The van der Waals surface area contributed by atoms with Gasteiger partial charge in [0.15, 0.2) is 0 Å². The fourth-order valence-corrected chi connectivity index (χ4v) is 0. The standard InChI is InChI=1S/CHF3O3S.4CH3N/c2-1(3,4)8(5,6)7;4*1-2/h(H,5,6,7);4*2H,1H2. The van der Waals surface area contributed by atoms with E-state index in [0.717, 1.165) is 0 Å². The summed E-state index contributed by atoms with van der Waals surface area (Å²) in [7, 11) is -5.84. The van der Waals surface area contributed by atoms with Crippen LogP contribution in [0.1, 0.15) is 0 Å². The van der Waals surface area contributed by atoms with Crippen LogP contribution in [0.5, 0.6) is 0 Å². The van der Waals surface area contributed by atoms with E-state index in [9.17, 15) is 13.2 Å². The smallest absolute Gasteiger partial charge is 0.317 e. The SMILES string of the molecule is C=N.C=N.C=N.C=N.O=S(=O)(O)C(F)(F)F. The molecule has 0 radical (unpaired) electrons. The Hall–Kier alpha value is -1.62. The summed E-state index contributed by atoms with van der Waals surface area (Å²) >= 11 is 0. The lowest BCUT2D eigenvalue weighted by molar-refractivity contribution is -0.0510. The van der Waals surface area contributed by atoms with Gasteiger partial charge in [-0.3, -0.25) is 4.55 Å². The van der Waals surface area contributed by atoms with E-state index in [-0.39, 0.29) is 0 Å². The number of hydrogen-bond acceptors (Lipinski definition) is 6. The zero-order chi connectivity index (χ0) is 15.0. The van der Waals surface area contributed by atoms with E-state index in [1.54, 1.807) is 0 Å². The molecule has 7 nitrogen and oxygen atoms in total. The lowest BCUT2D eigenvalue weighted by Crippen LogP contribution is -2.21. The van der Waals surface area contributed by atoms with Crippen LogP contribution in [0, 0.1) is 21.6 Å². The lowest BCUT2D eigenvalue weighted by atomic mass is 11.6. The van der Waals surface area contributed by atoms with Crippen molar-refractivity contribution in [3.05, 3.63) is 0 Å². The molecule has 16 heavy (non-hydrogen) atoms. The number of rotatable bonds is 0. The van der Waals surface area contributed by atoms with Crippen molar-refractivity contribution >= 4 is 37.0 Å². The van der Waals surface area contributed by atoms with Crippen LogP contribution in [0.2, 0.25) is 0 Å². The maximum Gasteiger partial charge on any atom is 0.522 e. The van der Waals surface area contributed by atoms with E-state index < -0.39 is 15.6 Å². The molecule has 0 fully saturated rings. The first-order chi connectivity index (χ1) is 7.25. The highest BCUT2D eigenvalue weighted by Crippen LogP contribution is 2.20. The van der Waals surface area contributed by atoms with Crippen molar-refractivity contribution in [1.82, 2.24) is 0 Å². The molecule has 0 rings (SSSR count). The van der Waals surface area contributed by atoms with Gasteiger partial charge in [-0.05, 0) is 26.9 Å². The second-order valence-corrected chi connectivity index (χ2v) is 2.33. The van der Waals surface area contributed by atoms with E-state index in [2.05, 4.69) is 26.9 Å². The Morgan fingerprint density at radius 2 is 0.875 bits per heavy atom. The van der Waals surface area contributed by atoms with Crippen molar-refractivity contribution in [3.8, 4) is 0 Å². The Bertz CT molecular complexity index is 224. The molecular formula is C5H13F3N4O3S. The van der Waals surface area contributed by atoms with Crippen LogP contribution in [0.4, 0.5) is 13.2 Å². The minimum atomic E-state index is -5.84. The zero-order valence-electron chi connectivity index (χ0n) is 8.13. The molecule has 0 aromatic heterocycles. The summed E-state index contributed by atoms with van der Waals surface area (Å²) in [6.45, 7) is 10.0. The van der Waals surface area contributed by atoms with Gasteiger partial charge < -0.3 is 21.6 Å². The van der Waals surface area contributed by atoms with Crippen molar-refractivity contribution < 1.29 is 26.1 Å². The molecule has 0 atom stereocenters. The maximum absolute atomic E-state index is 10.7. The van der Waals surface area contributed by atoms with Crippen molar-refractivity contribution in [2.24, 2.45) is 0 Å². The van der Waals surface area contributed by atoms with Gasteiger partial charge in [0.1, 0.15) is 0 Å². The molecule has 0 unspecified atom stereocenters. The molecule has 0 aliphatic heterocycles. The molecule has 11 heteroatoms. The van der Waals surface area contributed by atoms with Gasteiger partial charge in [0.05, 0.1) is 0 Å². The molecule has 0 aromatic carbocycles. The average molecular weight is 266 g/mol. The van der Waals surface area contributed by atoms with Gasteiger partial charge in [-0.1, -0.05) is 0 Å². The third-order valence-corrected chi connectivity index (χ3v) is 0.877. The highest BCUT2D eigenvalue weighted by molar-refractivity contribution is 7.86. The molecule has 0 aliphatic carbocycles. The van der Waals surface area contributed by atoms with Crippen LogP contribution in [-0.2, 0) is 10.1 Å². The van der Waals surface area contributed by atoms with E-state index in [0.29, 0.717) is 0 Å². The summed E-state index contributed by atoms with van der Waals surface area (Å²) in [5, 5.41) is 22.0. The zero-order valence-corrected chi connectivity index (χ0v) is 8.95. The summed E-state index contributed by atoms with van der Waals surface area (Å²) in [6, 6.07) is 0. The molecule has 98 valence electrons. The van der Waals surface area contributed by atoms with Crippen LogP contribution >= 0.6 is 0 Å². The first-order valence-corrected chi connectivity index (χ1v) is 4.14. The Morgan fingerprint density at radius 3 is 0.875 bits per heavy atom. The van der Waals surface area contributed by atoms with Gasteiger partial charge >= 0.3 is 15.6 Å². The Kier molecular flexibility index (Phi) is 34.8. The molecule has 0 heterocycles. The Balaban J connectivity index is -0.0000000426. The predicted octanol–water partition coefficient (Wildman–Crippen LogP) is 1.46.